The molecule has 0 spiro atoms. The number of carbonyl (C=O) groups excluding carboxylic acids is 1. The van der Waals surface area contributed by atoms with Crippen LogP contribution in [0.3, 0.4) is 0 Å². The van der Waals surface area contributed by atoms with Crippen LogP contribution in [-0.4, -0.2) is 35.4 Å². The summed E-state index contributed by atoms with van der Waals surface area (Å²) in [7, 11) is 0. The van der Waals surface area contributed by atoms with E-state index in [9.17, 15) is 4.79 Å². The number of halogens is 1. The molecule has 4 rings (SSSR count). The lowest BCUT2D eigenvalue weighted by atomic mass is 9.98. The molecule has 3 aromatic rings. The van der Waals surface area contributed by atoms with E-state index < -0.39 is 0 Å². The number of nitrogens with zero attached hydrogens (tertiary/aromatic N) is 4. The van der Waals surface area contributed by atoms with Gasteiger partial charge >= 0.3 is 0 Å². The first kappa shape index (κ1) is 18.4. The highest BCUT2D eigenvalue weighted by Gasteiger charge is 2.30. The lowest BCUT2D eigenvalue weighted by Crippen LogP contribution is -2.49. The molecule has 5 nitrogen and oxygen atoms in total. The van der Waals surface area contributed by atoms with Crippen molar-refractivity contribution in [3.05, 3.63) is 83.3 Å². The van der Waals surface area contributed by atoms with Crippen LogP contribution in [0.2, 0.25) is 5.02 Å². The highest BCUT2D eigenvalue weighted by atomic mass is 35.5. The van der Waals surface area contributed by atoms with E-state index in [0.717, 1.165) is 47.3 Å². The van der Waals surface area contributed by atoms with Crippen molar-refractivity contribution in [1.29, 1.82) is 0 Å². The number of piperazine rings is 1. The number of rotatable bonds is 4. The van der Waals surface area contributed by atoms with Crippen molar-refractivity contribution in [2.24, 2.45) is 0 Å². The van der Waals surface area contributed by atoms with Crippen molar-refractivity contribution >= 4 is 28.9 Å². The molecule has 1 unspecified atom stereocenters. The lowest BCUT2D eigenvalue weighted by molar-refractivity contribution is 0.101. The van der Waals surface area contributed by atoms with Gasteiger partial charge < -0.3 is 9.80 Å². The van der Waals surface area contributed by atoms with Gasteiger partial charge in [-0.25, -0.2) is 4.98 Å². The third kappa shape index (κ3) is 3.85. The second-order valence-corrected chi connectivity index (χ2v) is 7.32. The summed E-state index contributed by atoms with van der Waals surface area (Å²) >= 11 is 6.20. The summed E-state index contributed by atoms with van der Waals surface area (Å²) in [5, 5.41) is 0.726. The molecule has 2 heterocycles. The highest BCUT2D eigenvalue weighted by Crippen LogP contribution is 2.32. The number of anilines is 2. The fourth-order valence-corrected chi connectivity index (χ4v) is 3.84. The van der Waals surface area contributed by atoms with Crippen LogP contribution in [0.5, 0.6) is 0 Å². The van der Waals surface area contributed by atoms with Crippen LogP contribution in [0.15, 0.2) is 67.1 Å². The maximum absolute atomic E-state index is 11.9. The molecular weight excluding hydrogens is 372 g/mol. The van der Waals surface area contributed by atoms with Gasteiger partial charge in [0.2, 0.25) is 0 Å². The van der Waals surface area contributed by atoms with Crippen LogP contribution in [0.25, 0.3) is 0 Å². The fourth-order valence-electron chi connectivity index (χ4n) is 3.65. The van der Waals surface area contributed by atoms with Crippen molar-refractivity contribution in [2.75, 3.05) is 29.4 Å². The number of hydrogen-bond donors (Lipinski definition) is 0. The Morgan fingerprint density at radius 2 is 1.96 bits per heavy atom. The summed E-state index contributed by atoms with van der Waals surface area (Å²) in [5.74, 6) is 0.905. The molecule has 1 atom stereocenters. The quantitative estimate of drug-likeness (QED) is 0.616. The Morgan fingerprint density at radius 1 is 1.11 bits per heavy atom. The van der Waals surface area contributed by atoms with E-state index >= 15 is 0 Å². The van der Waals surface area contributed by atoms with E-state index in [0.29, 0.717) is 0 Å². The van der Waals surface area contributed by atoms with Gasteiger partial charge in [-0.1, -0.05) is 35.9 Å². The first-order chi connectivity index (χ1) is 13.6. The Morgan fingerprint density at radius 3 is 2.71 bits per heavy atom. The van der Waals surface area contributed by atoms with Crippen LogP contribution in [0, 0.1) is 0 Å². The van der Waals surface area contributed by atoms with E-state index in [-0.39, 0.29) is 11.8 Å². The molecule has 0 N–H and O–H groups in total. The van der Waals surface area contributed by atoms with Gasteiger partial charge in [0.15, 0.2) is 5.78 Å². The van der Waals surface area contributed by atoms with E-state index in [1.54, 1.807) is 25.5 Å². The summed E-state index contributed by atoms with van der Waals surface area (Å²) in [4.78, 5) is 25.2. The van der Waals surface area contributed by atoms with Gasteiger partial charge in [0.25, 0.3) is 0 Å². The third-order valence-electron chi connectivity index (χ3n) is 5.08. The highest BCUT2D eigenvalue weighted by molar-refractivity contribution is 6.30. The van der Waals surface area contributed by atoms with Gasteiger partial charge in [-0.3, -0.25) is 9.78 Å². The third-order valence-corrected chi connectivity index (χ3v) is 5.31. The molecule has 28 heavy (non-hydrogen) atoms. The van der Waals surface area contributed by atoms with Gasteiger partial charge in [-0.15, -0.1) is 0 Å². The lowest BCUT2D eigenvalue weighted by Gasteiger charge is -2.43. The molecule has 0 bridgehead atoms. The Balaban J connectivity index is 1.71. The Hall–Kier alpha value is -2.92. The van der Waals surface area contributed by atoms with E-state index in [1.165, 1.54) is 0 Å². The normalized spacial score (nSPS) is 16.9. The van der Waals surface area contributed by atoms with E-state index in [1.807, 2.05) is 36.4 Å². The monoisotopic (exact) mass is 392 g/mol. The van der Waals surface area contributed by atoms with Crippen molar-refractivity contribution < 1.29 is 4.79 Å². The standard InChI is InChI=1S/C22H21ClN4O/c1-16(28)17-4-2-5-18(12-17)21-15-26(20-7-3-6-19(23)13-20)10-11-27(21)22-14-24-8-9-25-22/h2-9,12-14,21H,10-11,15H2,1H3. The zero-order valence-corrected chi connectivity index (χ0v) is 16.4. The average molecular weight is 393 g/mol. The predicted octanol–water partition coefficient (Wildman–Crippen LogP) is 4.40. The van der Waals surface area contributed by atoms with Gasteiger partial charge in [0.1, 0.15) is 5.82 Å². The van der Waals surface area contributed by atoms with Gasteiger partial charge in [0, 0.05) is 48.3 Å². The first-order valence-electron chi connectivity index (χ1n) is 9.26. The number of hydrogen-bond acceptors (Lipinski definition) is 5. The second-order valence-electron chi connectivity index (χ2n) is 6.88. The van der Waals surface area contributed by atoms with Crippen molar-refractivity contribution in [2.45, 2.75) is 13.0 Å². The molecule has 0 radical (unpaired) electrons. The molecule has 142 valence electrons. The fraction of sp³-hybridized carbons (Fsp3) is 0.227. The maximum Gasteiger partial charge on any atom is 0.159 e. The molecule has 1 aliphatic heterocycles. The van der Waals surface area contributed by atoms with Gasteiger partial charge in [-0.2, -0.15) is 0 Å². The zero-order valence-electron chi connectivity index (χ0n) is 15.6. The summed E-state index contributed by atoms with van der Waals surface area (Å²) in [6.07, 6.45) is 5.18. The minimum Gasteiger partial charge on any atom is -0.367 e. The Bertz CT molecular complexity index is 979. The van der Waals surface area contributed by atoms with E-state index in [4.69, 9.17) is 11.6 Å². The Labute approximate surface area is 169 Å². The zero-order chi connectivity index (χ0) is 19.5. The number of aromatic nitrogens is 2. The van der Waals surface area contributed by atoms with Crippen molar-refractivity contribution in [1.82, 2.24) is 9.97 Å². The molecule has 0 saturated carbocycles. The van der Waals surface area contributed by atoms with Crippen molar-refractivity contribution in [3.8, 4) is 0 Å². The molecule has 2 aromatic carbocycles. The average Bonchev–Trinajstić information content (AvgIpc) is 2.74. The summed E-state index contributed by atoms with van der Waals surface area (Å²) in [5.41, 5.74) is 2.90. The summed E-state index contributed by atoms with van der Waals surface area (Å²) in [6, 6.07) is 15.8. The second kappa shape index (κ2) is 7.98. The maximum atomic E-state index is 11.9. The van der Waals surface area contributed by atoms with Crippen LogP contribution >= 0.6 is 11.6 Å². The Kier molecular flexibility index (Phi) is 5.26. The molecule has 1 saturated heterocycles. The number of carbonyl (C=O) groups is 1. The smallest absolute Gasteiger partial charge is 0.159 e. The number of Topliss-reactive ketones (excluding diaryl/α,β-unsaturated/α-hetero) is 1. The van der Waals surface area contributed by atoms with Crippen LogP contribution in [0.1, 0.15) is 28.9 Å². The van der Waals surface area contributed by atoms with Crippen LogP contribution in [0.4, 0.5) is 11.5 Å². The topological polar surface area (TPSA) is 49.3 Å². The minimum atomic E-state index is 0.0451. The van der Waals surface area contributed by atoms with Crippen LogP contribution < -0.4 is 9.80 Å². The van der Waals surface area contributed by atoms with E-state index in [2.05, 4.69) is 31.9 Å². The number of ketones is 1. The SMILES string of the molecule is CC(=O)c1cccc(C2CN(c3cccc(Cl)c3)CCN2c2cnccn2)c1. The molecule has 1 aliphatic rings. The number of benzene rings is 2. The first-order valence-corrected chi connectivity index (χ1v) is 9.64. The predicted molar refractivity (Wildman–Crippen MR) is 112 cm³/mol. The molecule has 1 aromatic heterocycles. The molecule has 0 amide bonds. The van der Waals surface area contributed by atoms with Gasteiger partial charge in [0.05, 0.1) is 12.2 Å². The van der Waals surface area contributed by atoms with Crippen molar-refractivity contribution in [3.63, 3.8) is 0 Å². The largest absolute Gasteiger partial charge is 0.367 e. The van der Waals surface area contributed by atoms with Gasteiger partial charge in [-0.05, 0) is 36.8 Å². The summed E-state index contributed by atoms with van der Waals surface area (Å²) < 4.78 is 0. The molecule has 1 fully saturated rings. The molecule has 6 heteroatoms. The molecular formula is C22H21ClN4O. The summed E-state index contributed by atoms with van der Waals surface area (Å²) in [6.45, 7) is 4.00. The molecule has 0 aliphatic carbocycles. The minimum absolute atomic E-state index is 0.0451. The van der Waals surface area contributed by atoms with Crippen LogP contribution in [-0.2, 0) is 0 Å².